The molecule has 1 heterocycles. The highest BCUT2D eigenvalue weighted by Crippen LogP contribution is 2.23. The van der Waals surface area contributed by atoms with E-state index in [4.69, 9.17) is 0 Å². The first-order valence-corrected chi connectivity index (χ1v) is 8.05. The van der Waals surface area contributed by atoms with E-state index >= 15 is 0 Å². The predicted molar refractivity (Wildman–Crippen MR) is 85.4 cm³/mol. The maximum absolute atomic E-state index is 12.5. The molecule has 0 bridgehead atoms. The highest BCUT2D eigenvalue weighted by Gasteiger charge is 2.26. The molecular weight excluding hydrogens is 262 g/mol. The van der Waals surface area contributed by atoms with Crippen LogP contribution in [0.2, 0.25) is 0 Å². The minimum absolute atomic E-state index is 0.0902. The van der Waals surface area contributed by atoms with Gasteiger partial charge in [-0.3, -0.25) is 9.78 Å². The largest absolute Gasteiger partial charge is 0.339 e. The van der Waals surface area contributed by atoms with E-state index in [1.54, 1.807) is 6.20 Å². The second-order valence-electron chi connectivity index (χ2n) is 6.06. The molecule has 1 N–H and O–H groups in total. The molecule has 1 aliphatic rings. The molecule has 1 aliphatic carbocycles. The number of nitrogens with zero attached hydrogens (tertiary/aromatic N) is 2. The average Bonchev–Trinajstić information content (AvgIpc) is 2.53. The van der Waals surface area contributed by atoms with Crippen LogP contribution in [0.3, 0.4) is 0 Å². The summed E-state index contributed by atoms with van der Waals surface area (Å²) in [7, 11) is 1.92. The van der Waals surface area contributed by atoms with Crippen LogP contribution >= 0.6 is 0 Å². The zero-order valence-electron chi connectivity index (χ0n) is 13.4. The summed E-state index contributed by atoms with van der Waals surface area (Å²) < 4.78 is 0. The standard InChI is InChI=1S/C17H27N3O/c1-4-11-18-15-7-9-16(10-8-15)20(3)17(21)14-6-5-13(2)19-12-14/h5-6,12,15-16,18H,4,7-11H2,1-3H3. The maximum atomic E-state index is 12.5. The van der Waals surface area contributed by atoms with Crippen molar-refractivity contribution in [2.24, 2.45) is 0 Å². The second kappa shape index (κ2) is 7.55. The number of aryl methyl sites for hydroxylation is 1. The van der Waals surface area contributed by atoms with Crippen molar-refractivity contribution in [3.8, 4) is 0 Å². The molecule has 2 rings (SSSR count). The Labute approximate surface area is 127 Å². The van der Waals surface area contributed by atoms with E-state index < -0.39 is 0 Å². The minimum atomic E-state index is 0.0902. The Balaban J connectivity index is 1.88. The number of hydrogen-bond acceptors (Lipinski definition) is 3. The van der Waals surface area contributed by atoms with E-state index in [9.17, 15) is 4.79 Å². The number of rotatable bonds is 5. The van der Waals surface area contributed by atoms with Crippen molar-refractivity contribution in [1.82, 2.24) is 15.2 Å². The zero-order valence-corrected chi connectivity index (χ0v) is 13.4. The summed E-state index contributed by atoms with van der Waals surface area (Å²) >= 11 is 0. The summed E-state index contributed by atoms with van der Waals surface area (Å²) in [5, 5.41) is 3.58. The van der Waals surface area contributed by atoms with Gasteiger partial charge in [0, 0.05) is 31.0 Å². The third kappa shape index (κ3) is 4.27. The van der Waals surface area contributed by atoms with Crippen molar-refractivity contribution in [1.29, 1.82) is 0 Å². The second-order valence-corrected chi connectivity index (χ2v) is 6.06. The molecule has 1 saturated carbocycles. The van der Waals surface area contributed by atoms with Crippen molar-refractivity contribution in [2.75, 3.05) is 13.6 Å². The van der Waals surface area contributed by atoms with E-state index in [1.807, 2.05) is 31.0 Å². The summed E-state index contributed by atoms with van der Waals surface area (Å²) in [6.45, 7) is 5.22. The number of amides is 1. The number of aromatic nitrogens is 1. The normalized spacial score (nSPS) is 22.0. The molecule has 0 spiro atoms. The molecule has 1 aromatic heterocycles. The van der Waals surface area contributed by atoms with Gasteiger partial charge in [-0.25, -0.2) is 0 Å². The number of pyridine rings is 1. The lowest BCUT2D eigenvalue weighted by Crippen LogP contribution is -2.43. The van der Waals surface area contributed by atoms with Gasteiger partial charge in [0.15, 0.2) is 0 Å². The molecular formula is C17H27N3O. The lowest BCUT2D eigenvalue weighted by atomic mass is 9.90. The van der Waals surface area contributed by atoms with Gasteiger partial charge in [0.05, 0.1) is 5.56 Å². The van der Waals surface area contributed by atoms with Crippen molar-refractivity contribution in [3.63, 3.8) is 0 Å². The van der Waals surface area contributed by atoms with Gasteiger partial charge in [-0.15, -0.1) is 0 Å². The fourth-order valence-corrected chi connectivity index (χ4v) is 2.98. The van der Waals surface area contributed by atoms with Gasteiger partial charge in [-0.1, -0.05) is 6.92 Å². The lowest BCUT2D eigenvalue weighted by Gasteiger charge is -2.35. The SMILES string of the molecule is CCCNC1CCC(N(C)C(=O)c2ccc(C)nc2)CC1. The van der Waals surface area contributed by atoms with E-state index in [1.165, 1.54) is 6.42 Å². The molecule has 4 nitrogen and oxygen atoms in total. The van der Waals surface area contributed by atoms with Crippen LogP contribution in [0.4, 0.5) is 0 Å². The Bertz CT molecular complexity index is 450. The van der Waals surface area contributed by atoms with E-state index in [-0.39, 0.29) is 5.91 Å². The van der Waals surface area contributed by atoms with Gasteiger partial charge in [-0.2, -0.15) is 0 Å². The van der Waals surface area contributed by atoms with Crippen molar-refractivity contribution in [2.45, 2.75) is 58.0 Å². The summed E-state index contributed by atoms with van der Waals surface area (Å²) in [5.41, 5.74) is 1.63. The Morgan fingerprint density at radius 3 is 2.62 bits per heavy atom. The number of hydrogen-bond donors (Lipinski definition) is 1. The van der Waals surface area contributed by atoms with E-state index in [0.29, 0.717) is 17.6 Å². The monoisotopic (exact) mass is 289 g/mol. The molecule has 0 unspecified atom stereocenters. The molecule has 116 valence electrons. The topological polar surface area (TPSA) is 45.2 Å². The first kappa shape index (κ1) is 16.0. The van der Waals surface area contributed by atoms with Crippen LogP contribution in [0.5, 0.6) is 0 Å². The first-order chi connectivity index (χ1) is 10.1. The van der Waals surface area contributed by atoms with Crippen LogP contribution in [0.25, 0.3) is 0 Å². The van der Waals surface area contributed by atoms with Crippen LogP contribution in [0.15, 0.2) is 18.3 Å². The highest BCUT2D eigenvalue weighted by atomic mass is 16.2. The Morgan fingerprint density at radius 2 is 2.05 bits per heavy atom. The molecule has 0 atom stereocenters. The van der Waals surface area contributed by atoms with Gasteiger partial charge < -0.3 is 10.2 Å². The third-order valence-corrected chi connectivity index (χ3v) is 4.41. The van der Waals surface area contributed by atoms with Gasteiger partial charge >= 0.3 is 0 Å². The summed E-state index contributed by atoms with van der Waals surface area (Å²) in [6, 6.07) is 4.76. The third-order valence-electron chi connectivity index (χ3n) is 4.41. The number of carbonyl (C=O) groups excluding carboxylic acids is 1. The van der Waals surface area contributed by atoms with Gasteiger partial charge in [0.2, 0.25) is 0 Å². The molecule has 0 radical (unpaired) electrons. The van der Waals surface area contributed by atoms with Crippen LogP contribution < -0.4 is 5.32 Å². The molecule has 0 aromatic carbocycles. The fraction of sp³-hybridized carbons (Fsp3) is 0.647. The average molecular weight is 289 g/mol. The van der Waals surface area contributed by atoms with Crippen molar-refractivity contribution in [3.05, 3.63) is 29.6 Å². The fourth-order valence-electron chi connectivity index (χ4n) is 2.98. The highest BCUT2D eigenvalue weighted by molar-refractivity contribution is 5.93. The van der Waals surface area contributed by atoms with Gasteiger partial charge in [-0.05, 0) is 57.7 Å². The zero-order chi connectivity index (χ0) is 15.2. The smallest absolute Gasteiger partial charge is 0.255 e. The van der Waals surface area contributed by atoms with E-state index in [0.717, 1.165) is 37.9 Å². The molecule has 4 heteroatoms. The van der Waals surface area contributed by atoms with Crippen LogP contribution in [0.1, 0.15) is 55.1 Å². The number of carbonyl (C=O) groups is 1. The van der Waals surface area contributed by atoms with Crippen LogP contribution in [-0.4, -0.2) is 41.5 Å². The van der Waals surface area contributed by atoms with Crippen molar-refractivity contribution < 1.29 is 4.79 Å². The summed E-state index contributed by atoms with van der Waals surface area (Å²) in [4.78, 5) is 18.6. The molecule has 1 aromatic rings. The van der Waals surface area contributed by atoms with Crippen molar-refractivity contribution >= 4 is 5.91 Å². The molecule has 1 fully saturated rings. The maximum Gasteiger partial charge on any atom is 0.255 e. The van der Waals surface area contributed by atoms with Gasteiger partial charge in [0.25, 0.3) is 5.91 Å². The van der Waals surface area contributed by atoms with Gasteiger partial charge in [0.1, 0.15) is 0 Å². The molecule has 0 aliphatic heterocycles. The van der Waals surface area contributed by atoms with Crippen LogP contribution in [-0.2, 0) is 0 Å². The Kier molecular flexibility index (Phi) is 5.74. The lowest BCUT2D eigenvalue weighted by molar-refractivity contribution is 0.0684. The molecule has 1 amide bonds. The molecule has 21 heavy (non-hydrogen) atoms. The first-order valence-electron chi connectivity index (χ1n) is 8.05. The summed E-state index contributed by atoms with van der Waals surface area (Å²) in [6.07, 6.45) is 7.36. The van der Waals surface area contributed by atoms with Crippen LogP contribution in [0, 0.1) is 6.92 Å². The predicted octanol–water partition coefficient (Wildman–Crippen LogP) is 2.77. The Morgan fingerprint density at radius 1 is 1.33 bits per heavy atom. The quantitative estimate of drug-likeness (QED) is 0.906. The summed E-state index contributed by atoms with van der Waals surface area (Å²) in [5.74, 6) is 0.0902. The minimum Gasteiger partial charge on any atom is -0.339 e. The Hall–Kier alpha value is -1.42. The number of nitrogens with one attached hydrogen (secondary N) is 1. The molecule has 0 saturated heterocycles. The van der Waals surface area contributed by atoms with E-state index in [2.05, 4.69) is 17.2 Å².